The van der Waals surface area contributed by atoms with Gasteiger partial charge in [-0.05, 0) is 24.6 Å². The van der Waals surface area contributed by atoms with Crippen molar-refractivity contribution >= 4 is 5.78 Å². The minimum absolute atomic E-state index is 0.131. The van der Waals surface area contributed by atoms with Gasteiger partial charge in [-0.2, -0.15) is 0 Å². The number of methoxy groups -OCH3 is 2. The van der Waals surface area contributed by atoms with E-state index in [2.05, 4.69) is 0 Å². The highest BCUT2D eigenvalue weighted by Crippen LogP contribution is 2.28. The predicted octanol–water partition coefficient (Wildman–Crippen LogP) is 3.09. The molecule has 0 aromatic heterocycles. The molecule has 0 bridgehead atoms. The molecular weight excluding hydrogens is 244 g/mol. The summed E-state index contributed by atoms with van der Waals surface area (Å²) in [5, 5.41) is 0. The van der Waals surface area contributed by atoms with E-state index in [0.717, 1.165) is 12.8 Å². The lowest BCUT2D eigenvalue weighted by Crippen LogP contribution is -2.04. The first-order chi connectivity index (χ1) is 9.22. The van der Waals surface area contributed by atoms with E-state index in [1.807, 2.05) is 6.92 Å². The van der Waals surface area contributed by atoms with Gasteiger partial charge in [0, 0.05) is 32.1 Å². The predicted molar refractivity (Wildman–Crippen MR) is 74.2 cm³/mol. The van der Waals surface area contributed by atoms with Crippen molar-refractivity contribution in [3.05, 3.63) is 23.8 Å². The number of ether oxygens (including phenoxy) is 3. The maximum Gasteiger partial charge on any atom is 0.163 e. The zero-order valence-electron chi connectivity index (χ0n) is 11.9. The van der Waals surface area contributed by atoms with Crippen molar-refractivity contribution < 1.29 is 19.0 Å². The van der Waals surface area contributed by atoms with Crippen molar-refractivity contribution in [1.82, 2.24) is 0 Å². The van der Waals surface area contributed by atoms with E-state index in [-0.39, 0.29) is 5.78 Å². The molecule has 1 rings (SSSR count). The Labute approximate surface area is 114 Å². The molecule has 0 radical (unpaired) electrons. The van der Waals surface area contributed by atoms with Gasteiger partial charge in [-0.3, -0.25) is 4.79 Å². The van der Waals surface area contributed by atoms with Crippen LogP contribution in [0.2, 0.25) is 0 Å². The van der Waals surface area contributed by atoms with Crippen molar-refractivity contribution in [2.24, 2.45) is 0 Å². The summed E-state index contributed by atoms with van der Waals surface area (Å²) in [6, 6.07) is 5.30. The van der Waals surface area contributed by atoms with E-state index in [4.69, 9.17) is 14.2 Å². The molecule has 0 aliphatic heterocycles. The van der Waals surface area contributed by atoms with Gasteiger partial charge in [0.1, 0.15) is 0 Å². The van der Waals surface area contributed by atoms with Gasteiger partial charge < -0.3 is 14.2 Å². The molecule has 0 N–H and O–H groups in total. The summed E-state index contributed by atoms with van der Waals surface area (Å²) >= 11 is 0. The molecule has 1 aromatic rings. The monoisotopic (exact) mass is 266 g/mol. The second kappa shape index (κ2) is 8.53. The molecule has 0 unspecified atom stereocenters. The lowest BCUT2D eigenvalue weighted by molar-refractivity contribution is 0.0981. The molecule has 0 saturated heterocycles. The number of carbonyl (C=O) groups is 1. The summed E-state index contributed by atoms with van der Waals surface area (Å²) in [4.78, 5) is 11.9. The van der Waals surface area contributed by atoms with Crippen LogP contribution in [0.5, 0.6) is 11.5 Å². The third-order valence-corrected chi connectivity index (χ3v) is 2.71. The number of benzene rings is 1. The number of carbonyl (C=O) groups excluding carboxylic acids is 1. The van der Waals surface area contributed by atoms with Crippen LogP contribution in [0.25, 0.3) is 0 Å². The summed E-state index contributed by atoms with van der Waals surface area (Å²) in [6.45, 7) is 3.18. The fraction of sp³-hybridized carbons (Fsp3) is 0.533. The van der Waals surface area contributed by atoms with E-state index >= 15 is 0 Å². The Hall–Kier alpha value is -1.55. The van der Waals surface area contributed by atoms with Crippen LogP contribution in [0, 0.1) is 0 Å². The molecule has 0 aliphatic carbocycles. The van der Waals surface area contributed by atoms with Crippen LogP contribution >= 0.6 is 0 Å². The zero-order valence-corrected chi connectivity index (χ0v) is 11.9. The molecule has 0 atom stereocenters. The Morgan fingerprint density at radius 3 is 2.58 bits per heavy atom. The van der Waals surface area contributed by atoms with Gasteiger partial charge in [0.15, 0.2) is 17.3 Å². The second-order valence-corrected chi connectivity index (χ2v) is 4.23. The fourth-order valence-corrected chi connectivity index (χ4v) is 1.72. The second-order valence-electron chi connectivity index (χ2n) is 4.23. The fourth-order valence-electron chi connectivity index (χ4n) is 1.72. The van der Waals surface area contributed by atoms with Crippen molar-refractivity contribution in [2.45, 2.75) is 26.2 Å². The normalized spacial score (nSPS) is 10.3. The molecule has 0 heterocycles. The Balaban J connectivity index is 2.75. The molecule has 106 valence electrons. The van der Waals surface area contributed by atoms with Crippen molar-refractivity contribution in [1.29, 1.82) is 0 Å². The van der Waals surface area contributed by atoms with E-state index in [9.17, 15) is 4.79 Å². The quantitative estimate of drug-likeness (QED) is 0.509. The van der Waals surface area contributed by atoms with Crippen molar-refractivity contribution in [2.75, 3.05) is 27.4 Å². The summed E-state index contributed by atoms with van der Waals surface area (Å²) in [7, 11) is 3.25. The summed E-state index contributed by atoms with van der Waals surface area (Å²) in [5.41, 5.74) is 0.671. The minimum atomic E-state index is 0.131. The number of hydrogen-bond acceptors (Lipinski definition) is 4. The minimum Gasteiger partial charge on any atom is -0.493 e. The van der Waals surface area contributed by atoms with Crippen LogP contribution in [0.1, 0.15) is 36.5 Å². The molecule has 0 fully saturated rings. The molecule has 0 aliphatic rings. The molecule has 1 aromatic carbocycles. The summed E-state index contributed by atoms with van der Waals surface area (Å²) < 4.78 is 15.8. The molecule has 4 heteroatoms. The largest absolute Gasteiger partial charge is 0.493 e. The van der Waals surface area contributed by atoms with Gasteiger partial charge >= 0.3 is 0 Å². The molecule has 4 nitrogen and oxygen atoms in total. The van der Waals surface area contributed by atoms with Gasteiger partial charge in [0.2, 0.25) is 0 Å². The molecule has 0 amide bonds. The van der Waals surface area contributed by atoms with E-state index in [0.29, 0.717) is 36.7 Å². The molecule has 0 spiro atoms. The number of rotatable bonds is 9. The van der Waals surface area contributed by atoms with Gasteiger partial charge in [-0.25, -0.2) is 0 Å². The van der Waals surface area contributed by atoms with Crippen molar-refractivity contribution in [3.63, 3.8) is 0 Å². The molecule has 19 heavy (non-hydrogen) atoms. The Bertz CT molecular complexity index is 401. The Morgan fingerprint density at radius 1 is 1.16 bits per heavy atom. The van der Waals surface area contributed by atoms with Crippen LogP contribution in [0.15, 0.2) is 18.2 Å². The summed E-state index contributed by atoms with van der Waals surface area (Å²) in [6.07, 6.45) is 2.19. The topological polar surface area (TPSA) is 44.8 Å². The SMILES string of the molecule is CCCC(=O)c1ccc(OC)c(OCCCOC)c1. The summed E-state index contributed by atoms with van der Waals surface area (Å²) in [5.74, 6) is 1.39. The average Bonchev–Trinajstić information content (AvgIpc) is 2.43. The van der Waals surface area contributed by atoms with Crippen LogP contribution in [0.3, 0.4) is 0 Å². The van der Waals surface area contributed by atoms with Gasteiger partial charge in [0.05, 0.1) is 13.7 Å². The van der Waals surface area contributed by atoms with Crippen molar-refractivity contribution in [3.8, 4) is 11.5 Å². The molecule has 0 saturated carbocycles. The lowest BCUT2D eigenvalue weighted by atomic mass is 10.1. The van der Waals surface area contributed by atoms with Crippen LogP contribution < -0.4 is 9.47 Å². The van der Waals surface area contributed by atoms with Gasteiger partial charge in [-0.1, -0.05) is 6.92 Å². The number of ketones is 1. The maximum atomic E-state index is 11.9. The highest BCUT2D eigenvalue weighted by atomic mass is 16.5. The highest BCUT2D eigenvalue weighted by Gasteiger charge is 2.10. The van der Waals surface area contributed by atoms with E-state index in [1.165, 1.54) is 0 Å². The van der Waals surface area contributed by atoms with Crippen LogP contribution in [0.4, 0.5) is 0 Å². The Morgan fingerprint density at radius 2 is 1.95 bits per heavy atom. The third kappa shape index (κ3) is 4.91. The van der Waals surface area contributed by atoms with Gasteiger partial charge in [0.25, 0.3) is 0 Å². The highest BCUT2D eigenvalue weighted by molar-refractivity contribution is 5.96. The van der Waals surface area contributed by atoms with E-state index < -0.39 is 0 Å². The number of Topliss-reactive ketones (excluding diaryl/α,β-unsaturated/α-hetero) is 1. The third-order valence-electron chi connectivity index (χ3n) is 2.71. The average molecular weight is 266 g/mol. The lowest BCUT2D eigenvalue weighted by Gasteiger charge is -2.12. The first-order valence-corrected chi connectivity index (χ1v) is 6.55. The number of hydrogen-bond donors (Lipinski definition) is 0. The first-order valence-electron chi connectivity index (χ1n) is 6.55. The van der Waals surface area contributed by atoms with Crippen LogP contribution in [-0.4, -0.2) is 33.2 Å². The van der Waals surface area contributed by atoms with Crippen LogP contribution in [-0.2, 0) is 4.74 Å². The van der Waals surface area contributed by atoms with Gasteiger partial charge in [-0.15, -0.1) is 0 Å². The molecular formula is C15H22O4. The Kier molecular flexibility index (Phi) is 6.97. The zero-order chi connectivity index (χ0) is 14.1. The smallest absolute Gasteiger partial charge is 0.163 e. The maximum absolute atomic E-state index is 11.9. The first kappa shape index (κ1) is 15.5. The van der Waals surface area contributed by atoms with E-state index in [1.54, 1.807) is 32.4 Å². The standard InChI is InChI=1S/C15H22O4/c1-4-6-13(16)12-7-8-14(18-3)15(11-12)19-10-5-9-17-2/h7-8,11H,4-6,9-10H2,1-3H3.